The maximum atomic E-state index is 8.69. The van der Waals surface area contributed by atoms with E-state index in [-0.39, 0.29) is 18.3 Å². The van der Waals surface area contributed by atoms with Crippen LogP contribution in [0.3, 0.4) is 0 Å². The van der Waals surface area contributed by atoms with E-state index in [1.165, 1.54) is 0 Å². The summed E-state index contributed by atoms with van der Waals surface area (Å²) >= 11 is 0. The lowest BCUT2D eigenvalue weighted by Gasteiger charge is -2.32. The van der Waals surface area contributed by atoms with Crippen LogP contribution in [0.2, 0.25) is 0 Å². The number of hydrogen-bond donors (Lipinski definition) is 0. The minimum Gasteiger partial charge on any atom is -0.399 e. The van der Waals surface area contributed by atoms with Crippen LogP contribution in [0, 0.1) is 11.3 Å². The summed E-state index contributed by atoms with van der Waals surface area (Å²) in [6.07, 6.45) is 6.67. The molecule has 1 aromatic rings. The van der Waals surface area contributed by atoms with E-state index in [1.54, 1.807) is 0 Å². The molecule has 2 aliphatic heterocycles. The van der Waals surface area contributed by atoms with E-state index in [4.69, 9.17) is 14.6 Å². The molecule has 24 heavy (non-hydrogen) atoms. The van der Waals surface area contributed by atoms with Gasteiger partial charge in [-0.15, -0.1) is 0 Å². The summed E-state index contributed by atoms with van der Waals surface area (Å²) < 4.78 is 14.3. The molecule has 0 aliphatic carbocycles. The minimum atomic E-state index is -0.348. The summed E-state index contributed by atoms with van der Waals surface area (Å²) in [7, 11) is -0.348. The molecule has 2 aliphatic rings. The largest absolute Gasteiger partial charge is 0.498 e. The Kier molecular flexibility index (Phi) is 4.74. The Balaban J connectivity index is 1.60. The molecule has 0 unspecified atom stereocenters. The molecule has 3 heterocycles. The van der Waals surface area contributed by atoms with Crippen LogP contribution in [0.15, 0.2) is 12.4 Å². The monoisotopic (exact) mass is 330 g/mol. The number of nitrogens with zero attached hydrogens (tertiary/aromatic N) is 4. The van der Waals surface area contributed by atoms with Gasteiger partial charge in [-0.05, 0) is 40.5 Å². The first-order valence-corrected chi connectivity index (χ1v) is 8.81. The third-order valence-electron chi connectivity index (χ3n) is 5.62. The topological polar surface area (TPSA) is 63.3 Å². The van der Waals surface area contributed by atoms with Gasteiger partial charge in [-0.2, -0.15) is 10.4 Å². The van der Waals surface area contributed by atoms with Crippen LogP contribution in [-0.2, 0) is 9.31 Å². The molecule has 3 rings (SSSR count). The van der Waals surface area contributed by atoms with Crippen LogP contribution in [0.1, 0.15) is 53.0 Å². The Morgan fingerprint density at radius 2 is 1.88 bits per heavy atom. The normalized spacial score (nSPS) is 24.2. The van der Waals surface area contributed by atoms with Crippen LogP contribution in [0.4, 0.5) is 0 Å². The molecule has 2 saturated heterocycles. The highest BCUT2D eigenvalue weighted by Gasteiger charge is 2.52. The van der Waals surface area contributed by atoms with Gasteiger partial charge in [0.25, 0.3) is 0 Å². The molecular weight excluding hydrogens is 303 g/mol. The zero-order valence-corrected chi connectivity index (χ0v) is 15.2. The number of aromatic nitrogens is 2. The highest BCUT2D eigenvalue weighted by molar-refractivity contribution is 6.61. The van der Waals surface area contributed by atoms with Crippen LogP contribution in [0.25, 0.3) is 0 Å². The number of likely N-dealkylation sites (tertiary alicyclic amines) is 1. The van der Waals surface area contributed by atoms with Crippen LogP contribution < -0.4 is 5.46 Å². The van der Waals surface area contributed by atoms with Crippen LogP contribution in [-0.4, -0.2) is 52.6 Å². The predicted molar refractivity (Wildman–Crippen MR) is 92.9 cm³/mol. The third-order valence-corrected chi connectivity index (χ3v) is 5.62. The quantitative estimate of drug-likeness (QED) is 0.787. The van der Waals surface area contributed by atoms with Gasteiger partial charge in [0.15, 0.2) is 0 Å². The lowest BCUT2D eigenvalue weighted by molar-refractivity contribution is 0.00578. The molecule has 6 nitrogen and oxygen atoms in total. The van der Waals surface area contributed by atoms with E-state index in [9.17, 15) is 0 Å². The molecule has 7 heteroatoms. The molecule has 1 aromatic heterocycles. The van der Waals surface area contributed by atoms with E-state index in [0.717, 1.165) is 37.9 Å². The predicted octanol–water partition coefficient (Wildman–Crippen LogP) is 1.73. The Hall–Kier alpha value is -1.36. The Labute approximate surface area is 144 Å². The van der Waals surface area contributed by atoms with Crippen molar-refractivity contribution in [2.75, 3.05) is 19.6 Å². The standard InChI is InChI=1S/C17H27BN4O2/c1-16(2)17(3,4)24-18(23-16)14-12-20-22(13-14)15-6-10-21(11-7-15)9-5-8-19/h12-13,15H,5-7,9-11H2,1-4H3. The summed E-state index contributed by atoms with van der Waals surface area (Å²) in [5.41, 5.74) is 0.332. The Morgan fingerprint density at radius 1 is 1.25 bits per heavy atom. The average Bonchev–Trinajstić information content (AvgIpc) is 3.09. The Bertz CT molecular complexity index is 598. The zero-order valence-electron chi connectivity index (χ0n) is 15.2. The first-order chi connectivity index (χ1) is 11.3. The lowest BCUT2D eigenvalue weighted by atomic mass is 9.82. The van der Waals surface area contributed by atoms with Gasteiger partial charge in [-0.1, -0.05) is 0 Å². The van der Waals surface area contributed by atoms with Gasteiger partial charge in [0.05, 0.1) is 23.3 Å². The van der Waals surface area contributed by atoms with E-state index >= 15 is 0 Å². The van der Waals surface area contributed by atoms with Gasteiger partial charge in [0.1, 0.15) is 0 Å². The number of rotatable bonds is 4. The van der Waals surface area contributed by atoms with Crippen molar-refractivity contribution in [1.82, 2.24) is 14.7 Å². The summed E-state index contributed by atoms with van der Waals surface area (Å²) in [5.74, 6) is 0. The molecule has 0 spiro atoms. The van der Waals surface area contributed by atoms with Crippen molar-refractivity contribution in [2.45, 2.75) is 64.2 Å². The molecule has 2 fully saturated rings. The van der Waals surface area contributed by atoms with Crippen molar-refractivity contribution in [3.05, 3.63) is 12.4 Å². The van der Waals surface area contributed by atoms with E-state index < -0.39 is 0 Å². The zero-order chi connectivity index (χ0) is 17.4. The Morgan fingerprint density at radius 3 is 2.46 bits per heavy atom. The van der Waals surface area contributed by atoms with Crippen molar-refractivity contribution >= 4 is 12.6 Å². The summed E-state index contributed by atoms with van der Waals surface area (Å²) in [4.78, 5) is 2.36. The summed E-state index contributed by atoms with van der Waals surface area (Å²) in [6.45, 7) is 11.2. The molecule has 130 valence electrons. The van der Waals surface area contributed by atoms with Crippen LogP contribution in [0.5, 0.6) is 0 Å². The van der Waals surface area contributed by atoms with Gasteiger partial charge in [0.2, 0.25) is 0 Å². The van der Waals surface area contributed by atoms with Gasteiger partial charge < -0.3 is 14.2 Å². The lowest BCUT2D eigenvalue weighted by Crippen LogP contribution is -2.41. The van der Waals surface area contributed by atoms with Crippen molar-refractivity contribution in [1.29, 1.82) is 5.26 Å². The van der Waals surface area contributed by atoms with Crippen molar-refractivity contribution in [2.24, 2.45) is 0 Å². The van der Waals surface area contributed by atoms with Gasteiger partial charge in [-0.25, -0.2) is 0 Å². The SMILES string of the molecule is CC1(C)OB(c2cnn(C3CCN(CCC#N)CC3)c2)OC1(C)C. The fourth-order valence-corrected chi connectivity index (χ4v) is 3.27. The molecule has 0 saturated carbocycles. The number of hydrogen-bond acceptors (Lipinski definition) is 5. The molecular formula is C17H27BN4O2. The van der Waals surface area contributed by atoms with Gasteiger partial charge in [-0.3, -0.25) is 4.68 Å². The number of nitriles is 1. The second-order valence-corrected chi connectivity index (χ2v) is 7.82. The first kappa shape index (κ1) is 17.5. The first-order valence-electron chi connectivity index (χ1n) is 8.81. The molecule has 0 amide bonds. The molecule has 0 bridgehead atoms. The molecule has 0 N–H and O–H groups in total. The second-order valence-electron chi connectivity index (χ2n) is 7.82. The fraction of sp³-hybridized carbons (Fsp3) is 0.765. The highest BCUT2D eigenvalue weighted by atomic mass is 16.7. The minimum absolute atomic E-state index is 0.328. The van der Waals surface area contributed by atoms with Crippen LogP contribution >= 0.6 is 0 Å². The smallest absolute Gasteiger partial charge is 0.399 e. The van der Waals surface area contributed by atoms with E-state index in [2.05, 4.69) is 54.6 Å². The summed E-state index contributed by atoms with van der Waals surface area (Å²) in [6, 6.07) is 2.63. The van der Waals surface area contributed by atoms with Gasteiger partial charge in [0, 0.05) is 43.9 Å². The second kappa shape index (κ2) is 6.51. The van der Waals surface area contributed by atoms with Gasteiger partial charge >= 0.3 is 7.12 Å². The average molecular weight is 330 g/mol. The third kappa shape index (κ3) is 3.37. The fourth-order valence-electron chi connectivity index (χ4n) is 3.27. The van der Waals surface area contributed by atoms with E-state index in [1.807, 2.05) is 6.20 Å². The molecule has 0 radical (unpaired) electrons. The van der Waals surface area contributed by atoms with Crippen molar-refractivity contribution < 1.29 is 9.31 Å². The highest BCUT2D eigenvalue weighted by Crippen LogP contribution is 2.36. The maximum absolute atomic E-state index is 8.69. The maximum Gasteiger partial charge on any atom is 0.498 e. The number of piperidine rings is 1. The molecule has 0 atom stereocenters. The van der Waals surface area contributed by atoms with E-state index in [0.29, 0.717) is 12.5 Å². The summed E-state index contributed by atoms with van der Waals surface area (Å²) in [5, 5.41) is 13.2. The van der Waals surface area contributed by atoms with Crippen molar-refractivity contribution in [3.63, 3.8) is 0 Å². The van der Waals surface area contributed by atoms with Crippen molar-refractivity contribution in [3.8, 4) is 6.07 Å². The molecule has 0 aromatic carbocycles.